The number of benzene rings is 2. The molecule has 2 aliphatic heterocycles. The Morgan fingerprint density at radius 2 is 1.88 bits per heavy atom. The number of nitrogens with zero attached hydrogens (tertiary/aromatic N) is 2. The molecule has 1 amide bonds. The number of carbonyl (C=O) groups excluding carboxylic acids is 1. The quantitative estimate of drug-likeness (QED) is 0.672. The van der Waals surface area contributed by atoms with E-state index in [-0.39, 0.29) is 18.1 Å². The second-order valence-corrected chi connectivity index (χ2v) is 8.83. The molecule has 2 aromatic carbocycles. The summed E-state index contributed by atoms with van der Waals surface area (Å²) >= 11 is 0. The molecule has 2 aliphatic rings. The lowest BCUT2D eigenvalue weighted by Crippen LogP contribution is -2.51. The van der Waals surface area contributed by atoms with E-state index < -0.39 is 11.6 Å². The fourth-order valence-electron chi connectivity index (χ4n) is 4.95. The van der Waals surface area contributed by atoms with Crippen LogP contribution in [0.3, 0.4) is 0 Å². The monoisotopic (exact) mass is 458 g/mol. The summed E-state index contributed by atoms with van der Waals surface area (Å²) in [5.74, 6) is -0.555. The maximum atomic E-state index is 14.3. The minimum atomic E-state index is -0.574. The van der Waals surface area contributed by atoms with Gasteiger partial charge in [-0.2, -0.15) is 0 Å². The lowest BCUT2D eigenvalue weighted by Gasteiger charge is -2.41. The number of piperidine rings is 1. The maximum absolute atomic E-state index is 14.3. The molecule has 1 fully saturated rings. The number of rotatable bonds is 3. The van der Waals surface area contributed by atoms with Gasteiger partial charge < -0.3 is 14.4 Å². The minimum absolute atomic E-state index is 0.0122. The molecule has 0 saturated carbocycles. The summed E-state index contributed by atoms with van der Waals surface area (Å²) in [7, 11) is 1.72. The lowest BCUT2D eigenvalue weighted by molar-refractivity contribution is -0.0155. The number of hydrogen-bond acceptors (Lipinski definition) is 4. The van der Waals surface area contributed by atoms with E-state index in [1.165, 1.54) is 12.1 Å². The molecule has 0 aliphatic carbocycles. The van der Waals surface area contributed by atoms with Crippen molar-refractivity contribution in [2.45, 2.75) is 50.8 Å². The fourth-order valence-corrected chi connectivity index (χ4v) is 4.95. The number of ether oxygens (including phenoxy) is 2. The highest BCUT2D eigenvalue weighted by atomic mass is 19.1. The molecular formula is C26H32F2N2O3. The summed E-state index contributed by atoms with van der Waals surface area (Å²) in [6, 6.07) is 11.1. The molecule has 4 rings (SSSR count). The van der Waals surface area contributed by atoms with Gasteiger partial charge >= 0.3 is 0 Å². The van der Waals surface area contributed by atoms with Crippen molar-refractivity contribution >= 4 is 5.91 Å². The van der Waals surface area contributed by atoms with Gasteiger partial charge in [0.25, 0.3) is 5.91 Å². The zero-order valence-corrected chi connectivity index (χ0v) is 19.1. The average Bonchev–Trinajstić information content (AvgIpc) is 2.83. The summed E-state index contributed by atoms with van der Waals surface area (Å²) < 4.78 is 39.4. The van der Waals surface area contributed by atoms with Gasteiger partial charge in [0.1, 0.15) is 24.0 Å². The number of carbonyl (C=O) groups is 1. The molecule has 2 atom stereocenters. The summed E-state index contributed by atoms with van der Waals surface area (Å²) in [5, 5.41) is 0. The van der Waals surface area contributed by atoms with Crippen molar-refractivity contribution in [3.8, 4) is 5.75 Å². The fraction of sp³-hybridized carbons (Fsp3) is 0.500. The van der Waals surface area contributed by atoms with Crippen LogP contribution in [0, 0.1) is 11.6 Å². The third kappa shape index (κ3) is 5.71. The number of hydrogen-bond donors (Lipinski definition) is 0. The van der Waals surface area contributed by atoms with E-state index >= 15 is 0 Å². The predicted octanol–water partition coefficient (Wildman–Crippen LogP) is 4.65. The van der Waals surface area contributed by atoms with Crippen LogP contribution in [0.5, 0.6) is 5.75 Å². The molecule has 178 valence electrons. The zero-order valence-electron chi connectivity index (χ0n) is 19.1. The first kappa shape index (κ1) is 23.6. The molecule has 0 N–H and O–H groups in total. The number of amides is 1. The van der Waals surface area contributed by atoms with E-state index in [1.54, 1.807) is 7.11 Å². The van der Waals surface area contributed by atoms with Crippen molar-refractivity contribution in [2.24, 2.45) is 0 Å². The second kappa shape index (κ2) is 11.1. The number of fused-ring (bicyclic) bond motifs is 2. The first-order chi connectivity index (χ1) is 16.1. The van der Waals surface area contributed by atoms with Crippen LogP contribution in [0.1, 0.15) is 48.0 Å². The largest absolute Gasteiger partial charge is 0.491 e. The summed E-state index contributed by atoms with van der Waals surface area (Å²) in [6.45, 7) is 2.81. The topological polar surface area (TPSA) is 42.0 Å². The Hall–Kier alpha value is -2.51. The molecule has 0 bridgehead atoms. The van der Waals surface area contributed by atoms with Crippen LogP contribution in [-0.2, 0) is 11.3 Å². The van der Waals surface area contributed by atoms with E-state index in [1.807, 2.05) is 29.2 Å². The smallest absolute Gasteiger partial charge is 0.257 e. The van der Waals surface area contributed by atoms with Crippen LogP contribution >= 0.6 is 0 Å². The summed E-state index contributed by atoms with van der Waals surface area (Å²) in [4.78, 5) is 17.6. The summed E-state index contributed by atoms with van der Waals surface area (Å²) in [5.41, 5.74) is 1.03. The van der Waals surface area contributed by atoms with Gasteiger partial charge in [0, 0.05) is 38.4 Å². The van der Waals surface area contributed by atoms with Crippen LogP contribution in [0.25, 0.3) is 0 Å². The van der Waals surface area contributed by atoms with Gasteiger partial charge in [-0.05, 0) is 50.4 Å². The molecule has 2 heterocycles. The number of halogens is 2. The molecule has 33 heavy (non-hydrogen) atoms. The molecule has 7 heteroatoms. The van der Waals surface area contributed by atoms with E-state index in [9.17, 15) is 13.6 Å². The normalized spacial score (nSPS) is 22.9. The Labute approximate surface area is 194 Å². The van der Waals surface area contributed by atoms with E-state index in [0.29, 0.717) is 43.1 Å². The molecular weight excluding hydrogens is 426 g/mol. The van der Waals surface area contributed by atoms with Crippen molar-refractivity contribution in [1.29, 1.82) is 0 Å². The zero-order chi connectivity index (χ0) is 23.2. The highest BCUT2D eigenvalue weighted by Crippen LogP contribution is 2.29. The van der Waals surface area contributed by atoms with Gasteiger partial charge in [-0.3, -0.25) is 9.69 Å². The SMILES string of the molecule is CO[C@@H]1CCCN2C(=O)c3ccccc3OCCN(Cc3ccc(F)cc3F)CCCC[C@H]12. The van der Waals surface area contributed by atoms with Crippen molar-refractivity contribution in [3.63, 3.8) is 0 Å². The van der Waals surface area contributed by atoms with Crippen LogP contribution in [0.15, 0.2) is 42.5 Å². The van der Waals surface area contributed by atoms with Gasteiger partial charge in [-0.15, -0.1) is 0 Å². The van der Waals surface area contributed by atoms with Crippen molar-refractivity contribution < 1.29 is 23.0 Å². The van der Waals surface area contributed by atoms with Crippen molar-refractivity contribution in [3.05, 3.63) is 65.2 Å². The van der Waals surface area contributed by atoms with Gasteiger partial charge in [-0.25, -0.2) is 8.78 Å². The first-order valence-corrected chi connectivity index (χ1v) is 11.8. The minimum Gasteiger partial charge on any atom is -0.491 e. The molecule has 1 saturated heterocycles. The third-order valence-electron chi connectivity index (χ3n) is 6.70. The molecule has 0 radical (unpaired) electrons. The van der Waals surface area contributed by atoms with Crippen molar-refractivity contribution in [2.75, 3.05) is 33.4 Å². The molecule has 0 spiro atoms. The Bertz CT molecular complexity index is 955. The Morgan fingerprint density at radius 1 is 1.03 bits per heavy atom. The van der Waals surface area contributed by atoms with Gasteiger partial charge in [0.05, 0.1) is 17.7 Å². The average molecular weight is 459 g/mol. The molecule has 5 nitrogen and oxygen atoms in total. The standard InChI is InChI=1S/C26H32F2N2O3/c1-32-25-10-6-14-30-23(25)8-4-5-13-29(18-19-11-12-20(27)17-22(19)28)15-16-33-24-9-3-2-7-21(24)26(30)31/h2-3,7,9,11-12,17,23,25H,4-6,8,10,13-16,18H2,1H3/t23-,25-/m1/s1. The van der Waals surface area contributed by atoms with Crippen LogP contribution in [0.4, 0.5) is 8.78 Å². The maximum Gasteiger partial charge on any atom is 0.257 e. The van der Waals surface area contributed by atoms with E-state index in [0.717, 1.165) is 44.7 Å². The van der Waals surface area contributed by atoms with Crippen LogP contribution in [-0.4, -0.2) is 61.2 Å². The first-order valence-electron chi connectivity index (χ1n) is 11.8. The third-order valence-corrected chi connectivity index (χ3v) is 6.70. The van der Waals surface area contributed by atoms with E-state index in [4.69, 9.17) is 9.47 Å². The Kier molecular flexibility index (Phi) is 7.93. The van der Waals surface area contributed by atoms with Gasteiger partial charge in [-0.1, -0.05) is 24.6 Å². The number of para-hydroxylation sites is 1. The predicted molar refractivity (Wildman–Crippen MR) is 122 cm³/mol. The summed E-state index contributed by atoms with van der Waals surface area (Å²) in [6.07, 6.45) is 4.57. The Balaban J connectivity index is 1.56. The second-order valence-electron chi connectivity index (χ2n) is 8.83. The Morgan fingerprint density at radius 3 is 2.70 bits per heavy atom. The van der Waals surface area contributed by atoms with Crippen LogP contribution in [0.2, 0.25) is 0 Å². The van der Waals surface area contributed by atoms with E-state index in [2.05, 4.69) is 4.90 Å². The van der Waals surface area contributed by atoms with Gasteiger partial charge in [0.15, 0.2) is 0 Å². The van der Waals surface area contributed by atoms with Gasteiger partial charge in [0.2, 0.25) is 0 Å². The van der Waals surface area contributed by atoms with Crippen LogP contribution < -0.4 is 4.74 Å². The molecule has 2 aromatic rings. The van der Waals surface area contributed by atoms with Crippen molar-refractivity contribution in [1.82, 2.24) is 9.80 Å². The highest BCUT2D eigenvalue weighted by molar-refractivity contribution is 5.97. The number of methoxy groups -OCH3 is 1. The molecule has 0 aromatic heterocycles. The molecule has 0 unspecified atom stereocenters. The lowest BCUT2D eigenvalue weighted by atomic mass is 9.93. The highest BCUT2D eigenvalue weighted by Gasteiger charge is 2.35.